The van der Waals surface area contributed by atoms with E-state index >= 15 is 0 Å². The number of benzene rings is 2. The number of aryl methyl sites for hydroxylation is 1. The molecule has 0 bridgehead atoms. The lowest BCUT2D eigenvalue weighted by Gasteiger charge is -2.14. The van der Waals surface area contributed by atoms with Gasteiger partial charge in [0.25, 0.3) is 5.56 Å². The molecule has 0 aliphatic heterocycles. The van der Waals surface area contributed by atoms with Crippen LogP contribution >= 0.6 is 11.5 Å². The Labute approximate surface area is 189 Å². The van der Waals surface area contributed by atoms with Gasteiger partial charge in [0.2, 0.25) is 0 Å². The van der Waals surface area contributed by atoms with Crippen LogP contribution in [0.2, 0.25) is 0 Å². The first kappa shape index (κ1) is 22.4. The van der Waals surface area contributed by atoms with Crippen molar-refractivity contribution in [3.63, 3.8) is 0 Å². The summed E-state index contributed by atoms with van der Waals surface area (Å²) in [6.45, 7) is 1.96. The van der Waals surface area contributed by atoms with E-state index in [4.69, 9.17) is 11.2 Å². The fraction of sp³-hybridized carbons (Fsp3) is 0.174. The average Bonchev–Trinajstić information content (AvgIpc) is 3.18. The van der Waals surface area contributed by atoms with E-state index in [2.05, 4.69) is 10.3 Å². The van der Waals surface area contributed by atoms with Crippen molar-refractivity contribution in [2.45, 2.75) is 13.1 Å². The lowest BCUT2D eigenvalue weighted by molar-refractivity contribution is -0.144. The summed E-state index contributed by atoms with van der Waals surface area (Å²) in [7, 11) is 0.971. The van der Waals surface area contributed by atoms with E-state index in [1.54, 1.807) is 18.2 Å². The van der Waals surface area contributed by atoms with Gasteiger partial charge in [0.1, 0.15) is 18.1 Å². The zero-order valence-corrected chi connectivity index (χ0v) is 18.3. The molecule has 0 amide bonds. The Bertz CT molecular complexity index is 1540. The number of alkyl halides is 3. The summed E-state index contributed by atoms with van der Waals surface area (Å²) in [5.41, 5.74) is -1.21. The number of rotatable bonds is 4. The van der Waals surface area contributed by atoms with E-state index in [0.717, 1.165) is 17.3 Å². The second kappa shape index (κ2) is 8.26. The number of fused-ring (bicyclic) bond motifs is 1. The predicted molar refractivity (Wildman–Crippen MR) is 120 cm³/mol. The van der Waals surface area contributed by atoms with Gasteiger partial charge in [-0.25, -0.2) is 9.36 Å². The molecule has 0 saturated heterocycles. The maximum absolute atomic E-state index is 13.2. The first-order valence-corrected chi connectivity index (χ1v) is 10.4. The molecule has 2 aromatic carbocycles. The maximum Gasteiger partial charge on any atom is 0.431 e. The quantitative estimate of drug-likeness (QED) is 0.420. The number of hydrogen-bond acceptors (Lipinski definition) is 5. The number of halogens is 3. The van der Waals surface area contributed by atoms with Gasteiger partial charge in [0, 0.05) is 24.1 Å². The van der Waals surface area contributed by atoms with E-state index in [1.165, 1.54) is 17.6 Å². The van der Waals surface area contributed by atoms with Gasteiger partial charge in [-0.15, -0.1) is 6.42 Å². The smallest absolute Gasteiger partial charge is 0.431 e. The van der Waals surface area contributed by atoms with E-state index < -0.39 is 23.1 Å². The molecule has 0 saturated carbocycles. The Balaban J connectivity index is 1.93. The lowest BCUT2D eigenvalue weighted by Crippen LogP contribution is -2.40. The van der Waals surface area contributed by atoms with Gasteiger partial charge in [-0.1, -0.05) is 17.6 Å². The van der Waals surface area contributed by atoms with Crippen molar-refractivity contribution >= 4 is 21.6 Å². The number of hydrogen-bond donors (Lipinski definition) is 0. The normalized spacial score (nSPS) is 11.5. The van der Waals surface area contributed by atoms with Crippen LogP contribution in [-0.4, -0.2) is 20.1 Å². The minimum absolute atomic E-state index is 0.0559. The van der Waals surface area contributed by atoms with Crippen LogP contribution in [0.15, 0.2) is 52.1 Å². The second-order valence-electron chi connectivity index (χ2n) is 7.25. The highest BCUT2D eigenvalue weighted by atomic mass is 32.1. The van der Waals surface area contributed by atoms with Crippen LogP contribution in [0.1, 0.15) is 11.3 Å². The van der Waals surface area contributed by atoms with Crippen molar-refractivity contribution in [1.82, 2.24) is 13.5 Å². The Morgan fingerprint density at radius 3 is 2.61 bits per heavy atom. The molecule has 2 heterocycles. The van der Waals surface area contributed by atoms with Gasteiger partial charge in [-0.05, 0) is 48.8 Å². The molecule has 0 radical (unpaired) electrons. The van der Waals surface area contributed by atoms with Crippen LogP contribution in [0.4, 0.5) is 13.2 Å². The highest BCUT2D eigenvalue weighted by molar-refractivity contribution is 7.13. The fourth-order valence-corrected chi connectivity index (χ4v) is 4.24. The minimum Gasteiger partial charge on any atom is -0.480 e. The molecule has 0 aliphatic carbocycles. The molecule has 6 nitrogen and oxygen atoms in total. The molecule has 0 spiro atoms. The van der Waals surface area contributed by atoms with E-state index in [1.807, 2.05) is 19.1 Å². The minimum atomic E-state index is -4.83. The summed E-state index contributed by atoms with van der Waals surface area (Å²) in [6, 6.07) is 10.6. The summed E-state index contributed by atoms with van der Waals surface area (Å²) in [5.74, 6) is 2.92. The second-order valence-corrected chi connectivity index (χ2v) is 8.05. The van der Waals surface area contributed by atoms with Gasteiger partial charge < -0.3 is 4.74 Å². The highest BCUT2D eigenvalue weighted by Gasteiger charge is 2.35. The number of aromatic nitrogens is 3. The van der Waals surface area contributed by atoms with Crippen molar-refractivity contribution in [1.29, 1.82) is 0 Å². The summed E-state index contributed by atoms with van der Waals surface area (Å²) >= 11 is 1.20. The Hall–Kier alpha value is -3.84. The molecular formula is C23H16F3N3O3S. The van der Waals surface area contributed by atoms with Crippen molar-refractivity contribution in [3.05, 3.63) is 74.6 Å². The fourth-order valence-electron chi connectivity index (χ4n) is 3.47. The zero-order valence-electron chi connectivity index (χ0n) is 17.4. The predicted octanol–water partition coefficient (Wildman–Crippen LogP) is 4.15. The molecule has 0 aliphatic rings. The third kappa shape index (κ3) is 4.03. The number of terminal acetylenes is 1. The molecule has 0 N–H and O–H groups in total. The SMILES string of the molecule is C#CCOc1ccc(C)cc1-c1nsc2ccc(-n3c(=O)cc(C(F)(F)F)n(C)c3=O)cc12. The van der Waals surface area contributed by atoms with Crippen LogP contribution in [0.5, 0.6) is 5.75 Å². The van der Waals surface area contributed by atoms with Gasteiger partial charge >= 0.3 is 11.9 Å². The Morgan fingerprint density at radius 2 is 1.91 bits per heavy atom. The topological polar surface area (TPSA) is 66.1 Å². The third-order valence-electron chi connectivity index (χ3n) is 5.02. The van der Waals surface area contributed by atoms with E-state index in [0.29, 0.717) is 37.6 Å². The molecular weight excluding hydrogens is 455 g/mol. The maximum atomic E-state index is 13.2. The zero-order chi connectivity index (χ0) is 23.9. The van der Waals surface area contributed by atoms with Gasteiger partial charge in [0.05, 0.1) is 16.1 Å². The molecule has 4 aromatic rings. The molecule has 168 valence electrons. The van der Waals surface area contributed by atoms with Crippen LogP contribution in [0, 0.1) is 19.3 Å². The van der Waals surface area contributed by atoms with E-state index in [9.17, 15) is 22.8 Å². The Kier molecular flexibility index (Phi) is 5.59. The van der Waals surface area contributed by atoms with E-state index in [-0.39, 0.29) is 12.3 Å². The van der Waals surface area contributed by atoms with Crippen molar-refractivity contribution < 1.29 is 17.9 Å². The van der Waals surface area contributed by atoms with Crippen LogP contribution in [-0.2, 0) is 13.2 Å². The summed E-state index contributed by atoms with van der Waals surface area (Å²) in [4.78, 5) is 25.2. The summed E-state index contributed by atoms with van der Waals surface area (Å²) in [5, 5.41) is 0.613. The van der Waals surface area contributed by atoms with Gasteiger partial charge in [-0.3, -0.25) is 9.36 Å². The third-order valence-corrected chi connectivity index (χ3v) is 5.85. The molecule has 0 atom stereocenters. The molecule has 33 heavy (non-hydrogen) atoms. The average molecular weight is 471 g/mol. The molecule has 0 fully saturated rings. The lowest BCUT2D eigenvalue weighted by atomic mass is 10.0. The molecule has 2 aromatic heterocycles. The monoisotopic (exact) mass is 471 g/mol. The Morgan fingerprint density at radius 1 is 1.15 bits per heavy atom. The molecule has 0 unspecified atom stereocenters. The summed E-state index contributed by atoms with van der Waals surface area (Å²) in [6.07, 6.45) is 0.472. The van der Waals surface area contributed by atoms with Crippen molar-refractivity contribution in [3.8, 4) is 35.0 Å². The standard InChI is InChI=1S/C23H16F3N3O3S/c1-4-9-32-17-7-5-13(2)10-15(17)21-16-11-14(6-8-18(16)33-27-21)29-20(30)12-19(23(24,25)26)28(3)22(29)31/h1,5-8,10-12H,9H2,2-3H3. The van der Waals surface area contributed by atoms with Gasteiger partial charge in [-0.2, -0.15) is 17.5 Å². The first-order valence-electron chi connectivity index (χ1n) is 9.59. The summed E-state index contributed by atoms with van der Waals surface area (Å²) < 4.78 is 51.5. The van der Waals surface area contributed by atoms with Crippen LogP contribution in [0.3, 0.4) is 0 Å². The molecule has 10 heteroatoms. The van der Waals surface area contributed by atoms with Gasteiger partial charge in [0.15, 0.2) is 0 Å². The first-order chi connectivity index (χ1) is 15.6. The number of nitrogens with zero attached hydrogens (tertiary/aromatic N) is 3. The van der Waals surface area contributed by atoms with Crippen LogP contribution < -0.4 is 16.0 Å². The highest BCUT2D eigenvalue weighted by Crippen LogP contribution is 2.37. The molecule has 4 rings (SSSR count). The number of ether oxygens (including phenoxy) is 1. The van der Waals surface area contributed by atoms with Crippen molar-refractivity contribution in [2.24, 2.45) is 7.05 Å². The largest absolute Gasteiger partial charge is 0.480 e. The van der Waals surface area contributed by atoms with Crippen LogP contribution in [0.25, 0.3) is 27.0 Å². The van der Waals surface area contributed by atoms with Crippen molar-refractivity contribution in [2.75, 3.05) is 6.61 Å².